The van der Waals surface area contributed by atoms with Crippen LogP contribution in [0.1, 0.15) is 16.1 Å². The van der Waals surface area contributed by atoms with E-state index in [4.69, 9.17) is 15.9 Å². The molecule has 1 aromatic carbocycles. The SMILES string of the molecule is NC(Nc1ccc(CC(=O)NC2C(=O)N3C(C(=O)O)=C(CSc4n[nH]nc4C(=O)O)CS[C@@H]23)cc1)C(=O)O. The van der Waals surface area contributed by atoms with Crippen LogP contribution < -0.4 is 16.4 Å². The highest BCUT2D eigenvalue weighted by atomic mass is 32.2. The van der Waals surface area contributed by atoms with Crippen molar-refractivity contribution in [2.45, 2.75) is 29.0 Å². The summed E-state index contributed by atoms with van der Waals surface area (Å²) in [6, 6.07) is 5.46. The van der Waals surface area contributed by atoms with Crippen LogP contribution in [0.2, 0.25) is 0 Å². The molecular weight excluding hydrogens is 542 g/mol. The summed E-state index contributed by atoms with van der Waals surface area (Å²) in [5.41, 5.74) is 6.42. The van der Waals surface area contributed by atoms with Crippen LogP contribution in [0.15, 0.2) is 40.6 Å². The van der Waals surface area contributed by atoms with E-state index in [1.807, 2.05) is 0 Å². The van der Waals surface area contributed by atoms with Gasteiger partial charge in [-0.1, -0.05) is 23.9 Å². The molecular formula is C21H21N7O8S2. The molecule has 3 heterocycles. The van der Waals surface area contributed by atoms with Crippen molar-refractivity contribution in [1.82, 2.24) is 25.6 Å². The van der Waals surface area contributed by atoms with E-state index >= 15 is 0 Å². The molecule has 0 spiro atoms. The Kier molecular flexibility index (Phi) is 7.88. The average Bonchev–Trinajstić information content (AvgIpc) is 3.35. The number of aromatic amines is 1. The number of nitrogens with zero attached hydrogens (tertiary/aromatic N) is 3. The molecule has 0 radical (unpaired) electrons. The van der Waals surface area contributed by atoms with Gasteiger partial charge in [-0.05, 0) is 23.3 Å². The number of thioether (sulfide) groups is 2. The van der Waals surface area contributed by atoms with Crippen LogP contribution in [0.25, 0.3) is 0 Å². The van der Waals surface area contributed by atoms with Crippen molar-refractivity contribution in [3.63, 3.8) is 0 Å². The van der Waals surface area contributed by atoms with Gasteiger partial charge in [0.1, 0.15) is 17.1 Å². The number of aromatic nitrogens is 3. The predicted octanol–water partition coefficient (Wildman–Crippen LogP) is -0.642. The Bertz CT molecular complexity index is 1330. The van der Waals surface area contributed by atoms with Gasteiger partial charge in [0.05, 0.1) is 6.42 Å². The quantitative estimate of drug-likeness (QED) is 0.102. The minimum Gasteiger partial charge on any atom is -0.479 e. The maximum atomic E-state index is 12.8. The first-order chi connectivity index (χ1) is 18.1. The number of fused-ring (bicyclic) bond motifs is 1. The standard InChI is InChI=1S/C21H21N7O8S2/c22-15(21(35)36)23-10-3-1-8(2-4-10)5-11(29)24-13-17(30)28-14(20(33)34)9(7-38-18(13)28)6-37-16-12(19(31)32)25-27-26-16/h1-4,13,15,18,23H,5-7,22H2,(H,24,29)(H,31,32)(H,33,34)(H,35,36)(H,25,26,27)/t13?,15?,18-/m0/s1. The van der Waals surface area contributed by atoms with Crippen LogP contribution in [0, 0.1) is 0 Å². The average molecular weight is 564 g/mol. The first-order valence-corrected chi connectivity index (χ1v) is 12.9. The zero-order valence-electron chi connectivity index (χ0n) is 19.3. The molecule has 4 rings (SSSR count). The number of nitrogens with two attached hydrogens (primary N) is 1. The third-order valence-electron chi connectivity index (χ3n) is 5.57. The number of carbonyl (C=O) groups excluding carboxylic acids is 2. The number of β-lactam (4-membered cyclic amide) rings is 1. The maximum absolute atomic E-state index is 12.8. The summed E-state index contributed by atoms with van der Waals surface area (Å²) in [5.74, 6) is -4.48. The molecule has 200 valence electrons. The highest BCUT2D eigenvalue weighted by Gasteiger charge is 2.54. The van der Waals surface area contributed by atoms with Crippen molar-refractivity contribution in [2.75, 3.05) is 16.8 Å². The second kappa shape index (κ2) is 11.1. The number of aliphatic carboxylic acids is 2. The molecule has 2 aromatic rings. The first kappa shape index (κ1) is 27.0. The van der Waals surface area contributed by atoms with Gasteiger partial charge in [-0.25, -0.2) is 14.4 Å². The van der Waals surface area contributed by atoms with Crippen molar-refractivity contribution >= 4 is 58.9 Å². The largest absolute Gasteiger partial charge is 0.479 e. The van der Waals surface area contributed by atoms with E-state index in [1.54, 1.807) is 24.3 Å². The predicted molar refractivity (Wildman–Crippen MR) is 133 cm³/mol. The number of benzene rings is 1. The van der Waals surface area contributed by atoms with E-state index < -0.39 is 47.3 Å². The Labute approximate surface area is 222 Å². The Hall–Kier alpha value is -4.09. The monoisotopic (exact) mass is 563 g/mol. The second-order valence-electron chi connectivity index (χ2n) is 8.12. The van der Waals surface area contributed by atoms with Crippen LogP contribution in [0.5, 0.6) is 0 Å². The van der Waals surface area contributed by atoms with Crippen molar-refractivity contribution < 1.29 is 39.3 Å². The van der Waals surface area contributed by atoms with Gasteiger partial charge in [0, 0.05) is 17.2 Å². The summed E-state index contributed by atoms with van der Waals surface area (Å²) in [4.78, 5) is 60.6. The van der Waals surface area contributed by atoms with Gasteiger partial charge in [-0.15, -0.1) is 22.0 Å². The summed E-state index contributed by atoms with van der Waals surface area (Å²) in [7, 11) is 0. The normalized spacial score (nSPS) is 19.3. The Morgan fingerprint density at radius 3 is 2.50 bits per heavy atom. The Morgan fingerprint density at radius 1 is 1.16 bits per heavy atom. The fraction of sp³-hybridized carbons (Fsp3) is 0.286. The van der Waals surface area contributed by atoms with Crippen molar-refractivity contribution in [3.05, 3.63) is 46.8 Å². The summed E-state index contributed by atoms with van der Waals surface area (Å²) in [5, 5.41) is 42.0. The summed E-state index contributed by atoms with van der Waals surface area (Å²) in [6.07, 6.45) is -1.34. The van der Waals surface area contributed by atoms with E-state index in [1.165, 1.54) is 11.8 Å². The Morgan fingerprint density at radius 2 is 1.87 bits per heavy atom. The molecule has 0 aliphatic carbocycles. The highest BCUT2D eigenvalue weighted by Crippen LogP contribution is 2.41. The number of anilines is 1. The highest BCUT2D eigenvalue weighted by molar-refractivity contribution is 8.01. The van der Waals surface area contributed by atoms with Crippen LogP contribution >= 0.6 is 23.5 Å². The molecule has 2 amide bonds. The minimum atomic E-state index is -1.31. The molecule has 2 aliphatic heterocycles. The number of carboxylic acid groups (broad SMARTS) is 3. The van der Waals surface area contributed by atoms with E-state index in [0.29, 0.717) is 16.8 Å². The molecule has 15 nitrogen and oxygen atoms in total. The van der Waals surface area contributed by atoms with Gasteiger partial charge in [-0.2, -0.15) is 5.21 Å². The third kappa shape index (κ3) is 5.58. The van der Waals surface area contributed by atoms with Crippen molar-refractivity contribution in [1.29, 1.82) is 0 Å². The van der Waals surface area contributed by atoms with Crippen LogP contribution in [0.4, 0.5) is 5.69 Å². The molecule has 1 fully saturated rings. The molecule has 2 unspecified atom stereocenters. The molecule has 0 saturated carbocycles. The van der Waals surface area contributed by atoms with Gasteiger partial charge in [0.25, 0.3) is 5.91 Å². The molecule has 8 N–H and O–H groups in total. The number of carboxylic acids is 3. The van der Waals surface area contributed by atoms with Crippen molar-refractivity contribution in [3.8, 4) is 0 Å². The molecule has 1 aromatic heterocycles. The lowest BCUT2D eigenvalue weighted by Crippen LogP contribution is -2.70. The van der Waals surface area contributed by atoms with E-state index in [2.05, 4.69) is 26.0 Å². The number of carbonyl (C=O) groups is 5. The van der Waals surface area contributed by atoms with Crippen molar-refractivity contribution in [2.24, 2.45) is 5.73 Å². The van der Waals surface area contributed by atoms with Gasteiger partial charge in [-0.3, -0.25) is 14.5 Å². The van der Waals surface area contributed by atoms with Gasteiger partial charge < -0.3 is 31.7 Å². The minimum absolute atomic E-state index is 0.0560. The third-order valence-corrected chi connectivity index (χ3v) is 7.97. The topological polar surface area (TPSA) is 241 Å². The molecule has 38 heavy (non-hydrogen) atoms. The van der Waals surface area contributed by atoms with Crippen LogP contribution in [-0.2, 0) is 25.6 Å². The van der Waals surface area contributed by atoms with E-state index in [9.17, 15) is 29.1 Å². The smallest absolute Gasteiger partial charge is 0.359 e. The fourth-order valence-electron chi connectivity index (χ4n) is 3.78. The van der Waals surface area contributed by atoms with E-state index in [0.717, 1.165) is 16.7 Å². The first-order valence-electron chi connectivity index (χ1n) is 10.9. The molecule has 3 atom stereocenters. The fourth-order valence-corrected chi connectivity index (χ4v) is 6.18. The number of hydrogen-bond acceptors (Lipinski definition) is 11. The molecule has 17 heteroatoms. The maximum Gasteiger partial charge on any atom is 0.359 e. The second-order valence-corrected chi connectivity index (χ2v) is 10.2. The van der Waals surface area contributed by atoms with Gasteiger partial charge in [0.2, 0.25) is 11.6 Å². The number of rotatable bonds is 11. The van der Waals surface area contributed by atoms with Gasteiger partial charge in [0.15, 0.2) is 11.2 Å². The van der Waals surface area contributed by atoms with Gasteiger partial charge >= 0.3 is 17.9 Å². The molecule has 1 saturated heterocycles. The molecule has 0 bridgehead atoms. The Balaban J connectivity index is 1.37. The lowest BCUT2D eigenvalue weighted by Gasteiger charge is -2.49. The number of nitrogens with one attached hydrogen (secondary N) is 3. The zero-order chi connectivity index (χ0) is 27.6. The van der Waals surface area contributed by atoms with Crippen LogP contribution in [0.3, 0.4) is 0 Å². The summed E-state index contributed by atoms with van der Waals surface area (Å²) < 4.78 is 0. The summed E-state index contributed by atoms with van der Waals surface area (Å²) >= 11 is 2.28. The van der Waals surface area contributed by atoms with E-state index in [-0.39, 0.29) is 34.3 Å². The number of H-pyrrole nitrogens is 1. The number of amides is 2. The summed E-state index contributed by atoms with van der Waals surface area (Å²) in [6.45, 7) is 0. The zero-order valence-corrected chi connectivity index (χ0v) is 20.9. The lowest BCUT2D eigenvalue weighted by atomic mass is 10.0. The van der Waals surface area contributed by atoms with Crippen LogP contribution in [-0.4, -0.2) is 94.4 Å². The molecule has 2 aliphatic rings. The number of aromatic carboxylic acids is 1. The lowest BCUT2D eigenvalue weighted by molar-refractivity contribution is -0.150. The number of hydrogen-bond donors (Lipinski definition) is 7.